The first-order chi connectivity index (χ1) is 14.5. The molecule has 2 aromatic rings. The van der Waals surface area contributed by atoms with Crippen LogP contribution in [0.15, 0.2) is 29.8 Å². The van der Waals surface area contributed by atoms with Gasteiger partial charge in [-0.25, -0.2) is 9.69 Å². The molecule has 2 fully saturated rings. The third-order valence-corrected chi connectivity index (χ3v) is 6.16. The molecular formula is C20H20N4O5S. The smallest absolute Gasteiger partial charge is 0.334 e. The first kappa shape index (κ1) is 20.0. The molecule has 1 N–H and O–H groups in total. The number of urea groups is 1. The Morgan fingerprint density at radius 1 is 1.07 bits per heavy atom. The number of nitrogens with one attached hydrogen (secondary N) is 1. The van der Waals surface area contributed by atoms with E-state index in [4.69, 9.17) is 0 Å². The van der Waals surface area contributed by atoms with Gasteiger partial charge in [0.05, 0.1) is 6.54 Å². The molecule has 0 spiro atoms. The van der Waals surface area contributed by atoms with Crippen LogP contribution in [0.2, 0.25) is 0 Å². The second-order valence-electron chi connectivity index (χ2n) is 7.18. The van der Waals surface area contributed by atoms with Gasteiger partial charge in [-0.15, -0.1) is 11.3 Å². The van der Waals surface area contributed by atoms with Gasteiger partial charge in [-0.3, -0.25) is 24.1 Å². The number of hydrogen-bond acceptors (Lipinski definition) is 6. The number of likely N-dealkylation sites (tertiary alicyclic amines) is 1. The van der Waals surface area contributed by atoms with Gasteiger partial charge < -0.3 is 9.88 Å². The van der Waals surface area contributed by atoms with Crippen molar-refractivity contribution in [3.8, 4) is 0 Å². The van der Waals surface area contributed by atoms with E-state index in [-0.39, 0.29) is 23.7 Å². The summed E-state index contributed by atoms with van der Waals surface area (Å²) in [6, 6.07) is 4.37. The van der Waals surface area contributed by atoms with Crippen molar-refractivity contribution < 1.29 is 24.0 Å². The summed E-state index contributed by atoms with van der Waals surface area (Å²) in [6.45, 7) is 0.893. The lowest BCUT2D eigenvalue weighted by atomic mass is 10.2. The molecule has 156 valence electrons. The van der Waals surface area contributed by atoms with Crippen LogP contribution in [-0.4, -0.2) is 75.4 Å². The molecule has 0 aliphatic carbocycles. The van der Waals surface area contributed by atoms with Crippen LogP contribution in [0.25, 0.3) is 0 Å². The minimum Gasteiger partial charge on any atom is -0.356 e. The zero-order valence-electron chi connectivity index (χ0n) is 16.1. The number of H-pyrrole nitrogens is 1. The quantitative estimate of drug-likeness (QED) is 0.408. The van der Waals surface area contributed by atoms with Gasteiger partial charge in [0, 0.05) is 42.7 Å². The maximum atomic E-state index is 12.6. The summed E-state index contributed by atoms with van der Waals surface area (Å²) in [6.07, 6.45) is 3.74. The average molecular weight is 428 g/mol. The standard InChI is InChI=1S/C20H20N4O5S/c25-16(13-10-15(21-11-13)17(26)22-6-1-2-7-22)12-24-19(28)18(27)23(20(24)29)8-5-14-4-3-9-30-14/h3-4,9-11,21H,1-2,5-8,12H2. The summed E-state index contributed by atoms with van der Waals surface area (Å²) < 4.78 is 0. The number of hydrogen-bond donors (Lipinski definition) is 1. The van der Waals surface area contributed by atoms with Gasteiger partial charge in [0.25, 0.3) is 5.91 Å². The number of aromatic nitrogens is 1. The van der Waals surface area contributed by atoms with Crippen molar-refractivity contribution >= 4 is 40.9 Å². The van der Waals surface area contributed by atoms with E-state index in [9.17, 15) is 24.0 Å². The number of amides is 5. The normalized spacial score (nSPS) is 16.8. The number of ketones is 1. The van der Waals surface area contributed by atoms with Crippen LogP contribution in [-0.2, 0) is 16.0 Å². The van der Waals surface area contributed by atoms with Crippen molar-refractivity contribution in [1.82, 2.24) is 19.7 Å². The maximum absolute atomic E-state index is 12.6. The Hall–Kier alpha value is -3.27. The average Bonchev–Trinajstić information content (AvgIpc) is 3.53. The highest BCUT2D eigenvalue weighted by Crippen LogP contribution is 2.18. The van der Waals surface area contributed by atoms with Crippen LogP contribution in [0, 0.1) is 0 Å². The van der Waals surface area contributed by atoms with Crippen LogP contribution >= 0.6 is 11.3 Å². The second-order valence-corrected chi connectivity index (χ2v) is 8.22. The van der Waals surface area contributed by atoms with Gasteiger partial charge in [0.1, 0.15) is 5.69 Å². The fraction of sp³-hybridized carbons (Fsp3) is 0.350. The van der Waals surface area contributed by atoms with Crippen LogP contribution in [0.3, 0.4) is 0 Å². The number of Topliss-reactive ketones (excluding diaryl/α,β-unsaturated/α-hetero) is 1. The molecule has 2 saturated heterocycles. The van der Waals surface area contributed by atoms with Crippen molar-refractivity contribution in [2.75, 3.05) is 26.2 Å². The van der Waals surface area contributed by atoms with Gasteiger partial charge in [-0.2, -0.15) is 0 Å². The molecule has 0 saturated carbocycles. The van der Waals surface area contributed by atoms with E-state index in [1.165, 1.54) is 23.6 Å². The van der Waals surface area contributed by atoms with Gasteiger partial charge in [-0.1, -0.05) is 6.07 Å². The highest BCUT2D eigenvalue weighted by molar-refractivity contribution is 7.09. The van der Waals surface area contributed by atoms with Crippen molar-refractivity contribution in [3.05, 3.63) is 45.9 Å². The summed E-state index contributed by atoms with van der Waals surface area (Å²) in [5.41, 5.74) is 0.468. The fourth-order valence-corrected chi connectivity index (χ4v) is 4.27. The Kier molecular flexibility index (Phi) is 5.49. The molecule has 0 aromatic carbocycles. The van der Waals surface area contributed by atoms with Crippen LogP contribution in [0.1, 0.15) is 38.6 Å². The van der Waals surface area contributed by atoms with E-state index >= 15 is 0 Å². The lowest BCUT2D eigenvalue weighted by molar-refractivity contribution is -0.143. The van der Waals surface area contributed by atoms with E-state index in [1.54, 1.807) is 4.90 Å². The van der Waals surface area contributed by atoms with Crippen LogP contribution in [0.4, 0.5) is 4.79 Å². The molecule has 2 aromatic heterocycles. The van der Waals surface area contributed by atoms with Crippen molar-refractivity contribution in [1.29, 1.82) is 0 Å². The summed E-state index contributed by atoms with van der Waals surface area (Å²) in [5, 5.41) is 1.89. The molecule has 4 rings (SSSR count). The number of carbonyl (C=O) groups is 5. The van der Waals surface area contributed by atoms with Gasteiger partial charge in [0.2, 0.25) is 0 Å². The molecule has 2 aliphatic rings. The summed E-state index contributed by atoms with van der Waals surface area (Å²) in [4.78, 5) is 69.0. The Morgan fingerprint density at radius 2 is 1.80 bits per heavy atom. The number of rotatable bonds is 7. The Morgan fingerprint density at radius 3 is 2.50 bits per heavy atom. The van der Waals surface area contributed by atoms with Gasteiger partial charge in [0.15, 0.2) is 5.78 Å². The lowest BCUT2D eigenvalue weighted by Gasteiger charge is -2.14. The summed E-state index contributed by atoms with van der Waals surface area (Å²) in [7, 11) is 0. The van der Waals surface area contributed by atoms with E-state index in [0.717, 1.165) is 22.6 Å². The third-order valence-electron chi connectivity index (χ3n) is 5.23. The first-order valence-electron chi connectivity index (χ1n) is 9.66. The van der Waals surface area contributed by atoms with E-state index in [1.807, 2.05) is 17.5 Å². The molecular weight excluding hydrogens is 408 g/mol. The molecule has 5 amide bonds. The minimum absolute atomic E-state index is 0.0766. The highest BCUT2D eigenvalue weighted by Gasteiger charge is 2.45. The zero-order chi connectivity index (χ0) is 21.3. The Labute approximate surface area is 176 Å². The monoisotopic (exact) mass is 428 g/mol. The number of carbonyl (C=O) groups excluding carboxylic acids is 5. The number of aromatic amines is 1. The fourth-order valence-electron chi connectivity index (χ4n) is 3.57. The predicted octanol–water partition coefficient (Wildman–Crippen LogP) is 1.53. The zero-order valence-corrected chi connectivity index (χ0v) is 16.9. The molecule has 4 heterocycles. The number of imide groups is 2. The second kappa shape index (κ2) is 8.23. The highest BCUT2D eigenvalue weighted by atomic mass is 32.1. The van der Waals surface area contributed by atoms with Crippen molar-refractivity contribution in [3.63, 3.8) is 0 Å². The Bertz CT molecular complexity index is 1010. The lowest BCUT2D eigenvalue weighted by Crippen LogP contribution is -2.37. The third kappa shape index (κ3) is 3.78. The van der Waals surface area contributed by atoms with Gasteiger partial charge >= 0.3 is 17.8 Å². The first-order valence-corrected chi connectivity index (χ1v) is 10.5. The predicted molar refractivity (Wildman–Crippen MR) is 107 cm³/mol. The molecule has 0 radical (unpaired) electrons. The van der Waals surface area contributed by atoms with E-state index < -0.39 is 30.2 Å². The molecule has 9 nitrogen and oxygen atoms in total. The molecule has 10 heteroatoms. The minimum atomic E-state index is -1.01. The van der Waals surface area contributed by atoms with Gasteiger partial charge in [-0.05, 0) is 30.4 Å². The van der Waals surface area contributed by atoms with Crippen molar-refractivity contribution in [2.45, 2.75) is 19.3 Å². The molecule has 2 aliphatic heterocycles. The molecule has 0 atom stereocenters. The Balaban J connectivity index is 1.40. The molecule has 30 heavy (non-hydrogen) atoms. The topological polar surface area (TPSA) is 111 Å². The largest absolute Gasteiger partial charge is 0.356 e. The number of nitrogens with zero attached hydrogens (tertiary/aromatic N) is 3. The van der Waals surface area contributed by atoms with Crippen LogP contribution < -0.4 is 0 Å². The van der Waals surface area contributed by atoms with Crippen molar-refractivity contribution in [2.24, 2.45) is 0 Å². The molecule has 0 bridgehead atoms. The summed E-state index contributed by atoms with van der Waals surface area (Å²) >= 11 is 1.50. The van der Waals surface area contributed by atoms with E-state index in [0.29, 0.717) is 24.4 Å². The molecule has 0 unspecified atom stereocenters. The maximum Gasteiger partial charge on any atom is 0.334 e. The summed E-state index contributed by atoms with van der Waals surface area (Å²) in [5.74, 6) is -2.65. The van der Waals surface area contributed by atoms with E-state index in [2.05, 4.69) is 4.98 Å². The van der Waals surface area contributed by atoms with Crippen LogP contribution in [0.5, 0.6) is 0 Å². The SMILES string of the molecule is O=C(CN1C(=O)C(=O)N(CCc2cccs2)C1=O)c1c[nH]c(C(=O)N2CCCC2)c1. The number of thiophene rings is 1.